The van der Waals surface area contributed by atoms with Crippen LogP contribution in [0.1, 0.15) is 66.9 Å². The molecular weight excluding hydrogens is 541 g/mol. The first-order valence-corrected chi connectivity index (χ1v) is 14.6. The zero-order chi connectivity index (χ0) is 30.3. The van der Waals surface area contributed by atoms with Crippen LogP contribution < -0.4 is 0 Å². The van der Waals surface area contributed by atoms with E-state index >= 15 is 0 Å². The monoisotopic (exact) mass is 580 g/mol. The van der Waals surface area contributed by atoms with Gasteiger partial charge in [0.15, 0.2) is 0 Å². The Kier molecular flexibility index (Phi) is 10.1. The Balaban J connectivity index is 1.35. The number of carboxylic acid groups (broad SMARTS) is 1. The maximum Gasteiger partial charge on any atom is 0.416 e. The van der Waals surface area contributed by atoms with E-state index in [1.807, 2.05) is 30.3 Å². The van der Waals surface area contributed by atoms with Gasteiger partial charge in [0.2, 0.25) is 0 Å². The van der Waals surface area contributed by atoms with Crippen LogP contribution in [0, 0.1) is 0 Å². The molecule has 0 saturated carbocycles. The number of piperidine rings is 1. The molecule has 1 fully saturated rings. The fourth-order valence-corrected chi connectivity index (χ4v) is 6.21. The van der Waals surface area contributed by atoms with Crippen molar-refractivity contribution in [3.63, 3.8) is 0 Å². The molecule has 3 aromatic rings. The molecule has 0 aromatic heterocycles. The van der Waals surface area contributed by atoms with Crippen LogP contribution in [0.5, 0.6) is 0 Å². The number of amides is 1. The van der Waals surface area contributed by atoms with E-state index in [0.717, 1.165) is 69.4 Å². The molecule has 1 N–H and O–H groups in total. The Morgan fingerprint density at radius 2 is 1.52 bits per heavy atom. The molecule has 1 amide bonds. The summed E-state index contributed by atoms with van der Waals surface area (Å²) >= 11 is 0. The molecule has 1 heterocycles. The topological polar surface area (TPSA) is 60.9 Å². The summed E-state index contributed by atoms with van der Waals surface area (Å²) in [6.07, 6.45) is -0.241. The molecule has 1 saturated heterocycles. The first-order valence-electron chi connectivity index (χ1n) is 14.6. The Hall–Kier alpha value is -3.65. The van der Waals surface area contributed by atoms with Crippen LogP contribution in [0.2, 0.25) is 0 Å². The van der Waals surface area contributed by atoms with Gasteiger partial charge in [0.1, 0.15) is 0 Å². The number of aliphatic carboxylic acids is 1. The number of carbonyl (C=O) groups is 2. The van der Waals surface area contributed by atoms with E-state index in [2.05, 4.69) is 11.8 Å². The van der Waals surface area contributed by atoms with Crippen molar-refractivity contribution in [2.24, 2.45) is 0 Å². The van der Waals surface area contributed by atoms with Gasteiger partial charge < -0.3 is 14.9 Å². The quantitative estimate of drug-likeness (QED) is 0.255. The second-order valence-corrected chi connectivity index (χ2v) is 11.3. The second kappa shape index (κ2) is 13.6. The lowest BCUT2D eigenvalue weighted by molar-refractivity contribution is -0.139. The fourth-order valence-electron chi connectivity index (χ4n) is 6.21. The summed E-state index contributed by atoms with van der Waals surface area (Å²) in [7, 11) is 1.80. The van der Waals surface area contributed by atoms with Crippen molar-refractivity contribution >= 4 is 11.9 Å². The minimum absolute atomic E-state index is 0.0560. The van der Waals surface area contributed by atoms with Crippen LogP contribution in [-0.4, -0.2) is 59.5 Å². The molecule has 0 spiro atoms. The third-order valence-corrected chi connectivity index (χ3v) is 8.79. The van der Waals surface area contributed by atoms with Crippen LogP contribution in [0.25, 0.3) is 11.1 Å². The van der Waals surface area contributed by atoms with Crippen LogP contribution >= 0.6 is 0 Å². The van der Waals surface area contributed by atoms with Crippen LogP contribution in [0.3, 0.4) is 0 Å². The standard InChI is InChI=1S/C34H39F3N2O3/c1-3-33(24-31(40)41,26-10-5-4-6-11-26)20-9-21-39-22-18-28(19-23-39)38(2)32(42)30-13-8-7-12-29(30)25-14-16-27(17-15-25)34(35,36)37/h4-8,10-17,28H,3,9,18-24H2,1-2H3,(H,40,41). The van der Waals surface area contributed by atoms with Crippen LogP contribution in [-0.2, 0) is 16.4 Å². The van der Waals surface area contributed by atoms with E-state index in [-0.39, 0.29) is 18.4 Å². The van der Waals surface area contributed by atoms with Crippen molar-refractivity contribution in [1.29, 1.82) is 0 Å². The number of carboxylic acids is 1. The first kappa shape index (κ1) is 31.3. The Morgan fingerprint density at radius 3 is 2.12 bits per heavy atom. The highest BCUT2D eigenvalue weighted by Gasteiger charge is 2.34. The number of nitrogens with zero attached hydrogens (tertiary/aromatic N) is 2. The van der Waals surface area contributed by atoms with Gasteiger partial charge in [-0.3, -0.25) is 9.59 Å². The molecule has 1 aliphatic heterocycles. The van der Waals surface area contributed by atoms with E-state index in [1.165, 1.54) is 12.1 Å². The van der Waals surface area contributed by atoms with Gasteiger partial charge in [-0.1, -0.05) is 67.6 Å². The molecule has 0 aliphatic carbocycles. The number of rotatable bonds is 11. The highest BCUT2D eigenvalue weighted by molar-refractivity contribution is 6.01. The lowest BCUT2D eigenvalue weighted by Gasteiger charge is -2.38. The molecule has 5 nitrogen and oxygen atoms in total. The molecule has 3 aromatic carbocycles. The minimum atomic E-state index is -4.41. The number of carbonyl (C=O) groups excluding carboxylic acids is 1. The summed E-state index contributed by atoms with van der Waals surface area (Å²) in [6.45, 7) is 4.61. The lowest BCUT2D eigenvalue weighted by Crippen LogP contribution is -2.46. The number of likely N-dealkylation sites (tertiary alicyclic amines) is 1. The molecule has 8 heteroatoms. The van der Waals surface area contributed by atoms with Crippen molar-refractivity contribution in [1.82, 2.24) is 9.80 Å². The average molecular weight is 581 g/mol. The summed E-state index contributed by atoms with van der Waals surface area (Å²) in [4.78, 5) is 29.5. The summed E-state index contributed by atoms with van der Waals surface area (Å²) < 4.78 is 39.1. The Morgan fingerprint density at radius 1 is 0.905 bits per heavy atom. The van der Waals surface area contributed by atoms with Gasteiger partial charge in [-0.15, -0.1) is 0 Å². The SMILES string of the molecule is CCC(CCCN1CCC(N(C)C(=O)c2ccccc2-c2ccc(C(F)(F)F)cc2)CC1)(CC(=O)O)c1ccccc1. The molecule has 0 bridgehead atoms. The second-order valence-electron chi connectivity index (χ2n) is 11.3. The van der Waals surface area contributed by atoms with Crippen LogP contribution in [0.15, 0.2) is 78.9 Å². The van der Waals surface area contributed by atoms with Gasteiger partial charge >= 0.3 is 12.1 Å². The van der Waals surface area contributed by atoms with Gasteiger partial charge in [-0.05, 0) is 73.5 Å². The molecule has 1 aliphatic rings. The number of hydrogen-bond donors (Lipinski definition) is 1. The lowest BCUT2D eigenvalue weighted by atomic mass is 9.72. The average Bonchev–Trinajstić information content (AvgIpc) is 3.00. The minimum Gasteiger partial charge on any atom is -0.481 e. The van der Waals surface area contributed by atoms with Gasteiger partial charge in [0.25, 0.3) is 5.91 Å². The van der Waals surface area contributed by atoms with Crippen molar-refractivity contribution in [3.05, 3.63) is 95.6 Å². The molecule has 4 rings (SSSR count). The van der Waals surface area contributed by atoms with E-state index < -0.39 is 23.1 Å². The van der Waals surface area contributed by atoms with E-state index in [9.17, 15) is 27.9 Å². The predicted octanol–water partition coefficient (Wildman–Crippen LogP) is 7.51. The molecule has 42 heavy (non-hydrogen) atoms. The van der Waals surface area contributed by atoms with E-state index in [0.29, 0.717) is 16.7 Å². The highest BCUT2D eigenvalue weighted by Crippen LogP contribution is 2.37. The van der Waals surface area contributed by atoms with Gasteiger partial charge in [-0.2, -0.15) is 13.2 Å². The van der Waals surface area contributed by atoms with Crippen molar-refractivity contribution in [3.8, 4) is 11.1 Å². The number of alkyl halides is 3. The molecule has 1 unspecified atom stereocenters. The van der Waals surface area contributed by atoms with E-state index in [4.69, 9.17) is 0 Å². The first-order chi connectivity index (χ1) is 20.0. The molecule has 0 radical (unpaired) electrons. The zero-order valence-corrected chi connectivity index (χ0v) is 24.2. The third-order valence-electron chi connectivity index (χ3n) is 8.79. The molecular formula is C34H39F3N2O3. The fraction of sp³-hybridized carbons (Fsp3) is 0.412. The summed E-state index contributed by atoms with van der Waals surface area (Å²) in [5, 5.41) is 9.64. The van der Waals surface area contributed by atoms with Gasteiger partial charge in [0.05, 0.1) is 12.0 Å². The van der Waals surface area contributed by atoms with Crippen molar-refractivity contribution in [2.45, 2.75) is 63.1 Å². The highest BCUT2D eigenvalue weighted by atomic mass is 19.4. The third kappa shape index (κ3) is 7.40. The zero-order valence-electron chi connectivity index (χ0n) is 24.2. The molecule has 1 atom stereocenters. The normalized spacial score (nSPS) is 16.1. The number of hydrogen-bond acceptors (Lipinski definition) is 3. The molecule has 224 valence electrons. The maximum atomic E-state index is 13.6. The predicted molar refractivity (Wildman–Crippen MR) is 158 cm³/mol. The summed E-state index contributed by atoms with van der Waals surface area (Å²) in [6, 6.07) is 21.9. The van der Waals surface area contributed by atoms with Crippen molar-refractivity contribution in [2.75, 3.05) is 26.7 Å². The van der Waals surface area contributed by atoms with Gasteiger partial charge in [-0.25, -0.2) is 0 Å². The van der Waals surface area contributed by atoms with Crippen molar-refractivity contribution < 1.29 is 27.9 Å². The number of benzene rings is 3. The number of halogens is 3. The summed E-state index contributed by atoms with van der Waals surface area (Å²) in [5.41, 5.74) is 1.61. The van der Waals surface area contributed by atoms with E-state index in [1.54, 1.807) is 36.2 Å². The largest absolute Gasteiger partial charge is 0.481 e. The van der Waals surface area contributed by atoms with Crippen LogP contribution in [0.4, 0.5) is 13.2 Å². The Labute approximate surface area is 246 Å². The Bertz CT molecular complexity index is 1340. The smallest absolute Gasteiger partial charge is 0.416 e. The summed E-state index contributed by atoms with van der Waals surface area (Å²) in [5.74, 6) is -0.928. The maximum absolute atomic E-state index is 13.6. The van der Waals surface area contributed by atoms with Gasteiger partial charge in [0, 0.05) is 37.2 Å².